The third-order valence-electron chi connectivity index (χ3n) is 4.96. The second kappa shape index (κ2) is 9.22. The van der Waals surface area contributed by atoms with E-state index in [1.165, 1.54) is 13.2 Å². The van der Waals surface area contributed by atoms with Crippen molar-refractivity contribution < 1.29 is 17.9 Å². The van der Waals surface area contributed by atoms with Crippen molar-refractivity contribution in [1.82, 2.24) is 9.78 Å². The van der Waals surface area contributed by atoms with Crippen LogP contribution < -0.4 is 14.8 Å². The summed E-state index contributed by atoms with van der Waals surface area (Å²) in [7, 11) is -2.07. The van der Waals surface area contributed by atoms with E-state index in [1.54, 1.807) is 16.8 Å². The lowest BCUT2D eigenvalue weighted by Crippen LogP contribution is -2.16. The van der Waals surface area contributed by atoms with E-state index in [4.69, 9.17) is 16.3 Å². The minimum Gasteiger partial charge on any atom is -0.495 e. The fraction of sp³-hybridized carbons (Fsp3) is 0.273. The number of aromatic nitrogens is 2. The Hall–Kier alpha value is -3.04. The van der Waals surface area contributed by atoms with Crippen molar-refractivity contribution in [1.29, 1.82) is 0 Å². The van der Waals surface area contributed by atoms with E-state index in [9.17, 15) is 13.2 Å². The number of methoxy groups -OCH3 is 1. The fourth-order valence-electron chi connectivity index (χ4n) is 3.33. The molecule has 2 N–H and O–H groups in total. The summed E-state index contributed by atoms with van der Waals surface area (Å²) in [5.74, 6) is 0.0892. The average molecular weight is 477 g/mol. The van der Waals surface area contributed by atoms with Gasteiger partial charge in [-0.15, -0.1) is 0 Å². The molecule has 1 heterocycles. The van der Waals surface area contributed by atoms with Crippen LogP contribution in [0.2, 0.25) is 5.02 Å². The summed E-state index contributed by atoms with van der Waals surface area (Å²) in [6, 6.07) is 10.4. The Morgan fingerprint density at radius 1 is 1.16 bits per heavy atom. The minimum atomic E-state index is -3.51. The number of benzene rings is 2. The summed E-state index contributed by atoms with van der Waals surface area (Å²) in [6.45, 7) is 5.68. The molecule has 10 heteroatoms. The van der Waals surface area contributed by atoms with E-state index in [0.717, 1.165) is 34.5 Å². The molecular formula is C22H25ClN4O4S. The van der Waals surface area contributed by atoms with Crippen LogP contribution in [0.25, 0.3) is 5.69 Å². The average Bonchev–Trinajstić information content (AvgIpc) is 2.97. The number of carbonyl (C=O) groups excluding carboxylic acids is 1. The summed E-state index contributed by atoms with van der Waals surface area (Å²) < 4.78 is 32.5. The monoisotopic (exact) mass is 476 g/mol. The van der Waals surface area contributed by atoms with Gasteiger partial charge in [0.05, 0.1) is 36.9 Å². The van der Waals surface area contributed by atoms with Crippen molar-refractivity contribution in [2.45, 2.75) is 27.2 Å². The Labute approximate surface area is 192 Å². The van der Waals surface area contributed by atoms with Crippen LogP contribution >= 0.6 is 11.6 Å². The number of halogens is 1. The van der Waals surface area contributed by atoms with Gasteiger partial charge >= 0.3 is 0 Å². The molecule has 32 heavy (non-hydrogen) atoms. The first kappa shape index (κ1) is 23.6. The standard InChI is InChI=1S/C22H25ClN4O4S/c1-13-6-8-17(11-19(13)23)27-15(3)18(14(2)25-27)12-22(28)24-16-7-9-21(31-4)20(10-16)26-32(5,29)30/h6-11,26H,12H2,1-5H3,(H,24,28). The summed E-state index contributed by atoms with van der Waals surface area (Å²) in [5, 5.41) is 8.02. The Morgan fingerprint density at radius 3 is 2.50 bits per heavy atom. The molecule has 1 amide bonds. The van der Waals surface area contributed by atoms with Crippen molar-refractivity contribution in [2.24, 2.45) is 0 Å². The zero-order valence-corrected chi connectivity index (χ0v) is 20.1. The number of aryl methyl sites for hydroxylation is 2. The minimum absolute atomic E-state index is 0.109. The smallest absolute Gasteiger partial charge is 0.229 e. The normalized spacial score (nSPS) is 11.3. The van der Waals surface area contributed by atoms with Gasteiger partial charge in [0.2, 0.25) is 15.9 Å². The van der Waals surface area contributed by atoms with Crippen molar-refractivity contribution in [2.75, 3.05) is 23.4 Å². The number of anilines is 2. The molecule has 3 rings (SSSR count). The molecule has 0 fully saturated rings. The third-order valence-corrected chi connectivity index (χ3v) is 5.95. The van der Waals surface area contributed by atoms with Crippen molar-refractivity contribution >= 4 is 38.9 Å². The number of ether oxygens (including phenoxy) is 1. The Bertz CT molecular complexity index is 1290. The largest absolute Gasteiger partial charge is 0.495 e. The van der Waals surface area contributed by atoms with E-state index < -0.39 is 10.0 Å². The van der Waals surface area contributed by atoms with Gasteiger partial charge < -0.3 is 10.1 Å². The van der Waals surface area contributed by atoms with Gasteiger partial charge in [0, 0.05) is 22.0 Å². The number of nitrogens with zero attached hydrogens (tertiary/aromatic N) is 2. The maximum atomic E-state index is 12.7. The molecule has 2 aromatic carbocycles. The molecule has 0 saturated carbocycles. The molecule has 8 nitrogen and oxygen atoms in total. The lowest BCUT2D eigenvalue weighted by atomic mass is 10.1. The molecule has 0 bridgehead atoms. The molecule has 0 aliphatic rings. The van der Waals surface area contributed by atoms with Crippen LogP contribution in [0.4, 0.5) is 11.4 Å². The summed E-state index contributed by atoms with van der Waals surface area (Å²) in [4.78, 5) is 12.7. The quantitative estimate of drug-likeness (QED) is 0.536. The van der Waals surface area contributed by atoms with Crippen LogP contribution in [0.3, 0.4) is 0 Å². The Kier molecular flexibility index (Phi) is 6.80. The van der Waals surface area contributed by atoms with Crippen molar-refractivity contribution in [3.05, 3.63) is 63.9 Å². The van der Waals surface area contributed by atoms with Crippen molar-refractivity contribution in [3.63, 3.8) is 0 Å². The molecule has 0 radical (unpaired) electrons. The molecule has 0 unspecified atom stereocenters. The molecule has 0 saturated heterocycles. The van der Waals surface area contributed by atoms with Gasteiger partial charge in [0.25, 0.3) is 0 Å². The first-order valence-electron chi connectivity index (χ1n) is 9.76. The Balaban J connectivity index is 1.82. The lowest BCUT2D eigenvalue weighted by molar-refractivity contribution is -0.115. The molecular weight excluding hydrogens is 452 g/mol. The maximum absolute atomic E-state index is 12.7. The SMILES string of the molecule is COc1ccc(NC(=O)Cc2c(C)nn(-c3ccc(C)c(Cl)c3)c2C)cc1NS(C)(=O)=O. The van der Waals surface area contributed by atoms with Gasteiger partial charge in [-0.2, -0.15) is 5.10 Å². The zero-order valence-electron chi connectivity index (χ0n) is 18.5. The molecule has 0 spiro atoms. The van der Waals surface area contributed by atoms with Crippen LogP contribution in [0.15, 0.2) is 36.4 Å². The molecule has 0 aliphatic heterocycles. The fourth-order valence-corrected chi connectivity index (χ4v) is 4.06. The Morgan fingerprint density at radius 2 is 1.88 bits per heavy atom. The number of hydrogen-bond acceptors (Lipinski definition) is 5. The number of sulfonamides is 1. The van der Waals surface area contributed by atoms with Gasteiger partial charge in [0.1, 0.15) is 5.75 Å². The second-order valence-corrected chi connectivity index (χ2v) is 9.66. The van der Waals surface area contributed by atoms with Crippen LogP contribution in [-0.2, 0) is 21.2 Å². The van der Waals surface area contributed by atoms with E-state index in [2.05, 4.69) is 15.1 Å². The highest BCUT2D eigenvalue weighted by molar-refractivity contribution is 7.92. The van der Waals surface area contributed by atoms with E-state index in [1.807, 2.05) is 39.0 Å². The van der Waals surface area contributed by atoms with E-state index in [0.29, 0.717) is 16.5 Å². The first-order chi connectivity index (χ1) is 15.0. The number of nitrogens with one attached hydrogen (secondary N) is 2. The number of amides is 1. The summed E-state index contributed by atoms with van der Waals surface area (Å²) in [5.41, 5.74) is 4.86. The number of hydrogen-bond donors (Lipinski definition) is 2. The first-order valence-corrected chi connectivity index (χ1v) is 12.0. The van der Waals surface area contributed by atoms with E-state index in [-0.39, 0.29) is 18.0 Å². The van der Waals surface area contributed by atoms with Gasteiger partial charge in [-0.1, -0.05) is 17.7 Å². The van der Waals surface area contributed by atoms with Crippen LogP contribution in [0, 0.1) is 20.8 Å². The summed E-state index contributed by atoms with van der Waals surface area (Å²) >= 11 is 6.25. The molecule has 170 valence electrons. The summed E-state index contributed by atoms with van der Waals surface area (Å²) in [6.07, 6.45) is 1.15. The van der Waals surface area contributed by atoms with Crippen LogP contribution in [-0.4, -0.2) is 37.5 Å². The van der Waals surface area contributed by atoms with Gasteiger partial charge in [-0.25, -0.2) is 13.1 Å². The zero-order chi connectivity index (χ0) is 23.6. The van der Waals surface area contributed by atoms with Crippen LogP contribution in [0.1, 0.15) is 22.5 Å². The second-order valence-electron chi connectivity index (χ2n) is 7.51. The highest BCUT2D eigenvalue weighted by Crippen LogP contribution is 2.29. The van der Waals surface area contributed by atoms with Gasteiger partial charge in [-0.3, -0.25) is 9.52 Å². The van der Waals surface area contributed by atoms with Crippen LogP contribution in [0.5, 0.6) is 5.75 Å². The number of rotatable bonds is 7. The molecule has 0 atom stereocenters. The highest BCUT2D eigenvalue weighted by atomic mass is 35.5. The van der Waals surface area contributed by atoms with Gasteiger partial charge in [0.15, 0.2) is 0 Å². The highest BCUT2D eigenvalue weighted by Gasteiger charge is 2.17. The van der Waals surface area contributed by atoms with Crippen molar-refractivity contribution in [3.8, 4) is 11.4 Å². The molecule has 0 aliphatic carbocycles. The van der Waals surface area contributed by atoms with E-state index >= 15 is 0 Å². The lowest BCUT2D eigenvalue weighted by Gasteiger charge is -2.12. The van der Waals surface area contributed by atoms with Gasteiger partial charge in [-0.05, 0) is 56.7 Å². The third kappa shape index (κ3) is 5.41. The molecule has 3 aromatic rings. The molecule has 1 aromatic heterocycles. The predicted molar refractivity (Wildman–Crippen MR) is 127 cm³/mol. The predicted octanol–water partition coefficient (Wildman–Crippen LogP) is 4.01. The maximum Gasteiger partial charge on any atom is 0.229 e. The topological polar surface area (TPSA) is 102 Å². The number of carbonyl (C=O) groups is 1.